The highest BCUT2D eigenvalue weighted by Crippen LogP contribution is 2.06. The molecule has 1 unspecified atom stereocenters. The first-order valence-corrected chi connectivity index (χ1v) is 5.61. The molecule has 0 aliphatic rings. The van der Waals surface area contributed by atoms with Crippen LogP contribution in [0.1, 0.15) is 24.5 Å². The van der Waals surface area contributed by atoms with Crippen molar-refractivity contribution in [1.82, 2.24) is 0 Å². The maximum absolute atomic E-state index is 5.91. The Balaban J connectivity index is 2.27. The molecule has 2 nitrogen and oxygen atoms in total. The first-order valence-electron chi connectivity index (χ1n) is 5.61. The fourth-order valence-corrected chi connectivity index (χ4v) is 1.46. The van der Waals surface area contributed by atoms with Crippen molar-refractivity contribution in [2.45, 2.75) is 32.7 Å². The molecule has 1 aromatic rings. The minimum Gasteiger partial charge on any atom is -0.380 e. The second kappa shape index (κ2) is 6.59. The summed E-state index contributed by atoms with van der Waals surface area (Å²) in [5.74, 6) is 0. The van der Waals surface area contributed by atoms with Crippen LogP contribution < -0.4 is 5.73 Å². The van der Waals surface area contributed by atoms with E-state index in [1.54, 1.807) is 0 Å². The van der Waals surface area contributed by atoms with E-state index in [1.807, 2.05) is 6.92 Å². The molecule has 0 radical (unpaired) electrons. The average Bonchev–Trinajstić information content (AvgIpc) is 2.25. The van der Waals surface area contributed by atoms with Crippen molar-refractivity contribution in [3.05, 3.63) is 35.4 Å². The summed E-state index contributed by atoms with van der Waals surface area (Å²) in [6.07, 6.45) is 2.03. The molecule has 0 saturated carbocycles. The van der Waals surface area contributed by atoms with Crippen LogP contribution in [-0.2, 0) is 11.2 Å². The number of hydrogen-bond acceptors (Lipinski definition) is 2. The Labute approximate surface area is 92.4 Å². The van der Waals surface area contributed by atoms with E-state index in [2.05, 4.69) is 31.2 Å². The molecule has 1 rings (SSSR count). The Morgan fingerprint density at radius 1 is 1.27 bits per heavy atom. The molecule has 2 heteroatoms. The van der Waals surface area contributed by atoms with Gasteiger partial charge < -0.3 is 10.5 Å². The maximum Gasteiger partial charge on any atom is 0.0617 e. The van der Waals surface area contributed by atoms with Gasteiger partial charge in [-0.05, 0) is 32.3 Å². The summed E-state index contributed by atoms with van der Waals surface area (Å²) in [5, 5.41) is 0. The highest BCUT2D eigenvalue weighted by atomic mass is 16.5. The number of benzene rings is 1. The lowest BCUT2D eigenvalue weighted by molar-refractivity contribution is 0.131. The van der Waals surface area contributed by atoms with Gasteiger partial charge in [0, 0.05) is 12.6 Å². The summed E-state index contributed by atoms with van der Waals surface area (Å²) >= 11 is 0. The lowest BCUT2D eigenvalue weighted by atomic mass is 10.0. The molecule has 84 valence electrons. The Bertz CT molecular complexity index is 268. The smallest absolute Gasteiger partial charge is 0.0617 e. The SMILES string of the molecule is CCOCC(N)CCc1ccc(C)cc1. The van der Waals surface area contributed by atoms with Crippen LogP contribution >= 0.6 is 0 Å². The Morgan fingerprint density at radius 2 is 1.93 bits per heavy atom. The minimum atomic E-state index is 0.159. The fraction of sp³-hybridized carbons (Fsp3) is 0.538. The molecule has 1 aromatic carbocycles. The molecular formula is C13H21NO. The van der Waals surface area contributed by atoms with Crippen molar-refractivity contribution in [2.24, 2.45) is 5.73 Å². The molecule has 0 aromatic heterocycles. The molecule has 0 bridgehead atoms. The molecule has 0 saturated heterocycles. The molecule has 0 fully saturated rings. The molecule has 2 N–H and O–H groups in total. The van der Waals surface area contributed by atoms with Gasteiger partial charge in [-0.2, -0.15) is 0 Å². The standard InChI is InChI=1S/C13H21NO/c1-3-15-10-13(14)9-8-12-6-4-11(2)5-7-12/h4-7,13H,3,8-10,14H2,1-2H3. The summed E-state index contributed by atoms with van der Waals surface area (Å²) in [6.45, 7) is 5.51. The third kappa shape index (κ3) is 4.96. The first kappa shape index (κ1) is 12.2. The van der Waals surface area contributed by atoms with Gasteiger partial charge in [0.1, 0.15) is 0 Å². The third-order valence-electron chi connectivity index (χ3n) is 2.46. The zero-order valence-corrected chi connectivity index (χ0v) is 9.70. The lowest BCUT2D eigenvalue weighted by Gasteiger charge is -2.11. The van der Waals surface area contributed by atoms with Gasteiger partial charge in [0.05, 0.1) is 6.61 Å². The molecule has 0 aliphatic heterocycles. The highest BCUT2D eigenvalue weighted by molar-refractivity contribution is 5.21. The van der Waals surface area contributed by atoms with E-state index < -0.39 is 0 Å². The van der Waals surface area contributed by atoms with E-state index in [4.69, 9.17) is 10.5 Å². The van der Waals surface area contributed by atoms with E-state index in [1.165, 1.54) is 11.1 Å². The first-order chi connectivity index (χ1) is 7.22. The van der Waals surface area contributed by atoms with Crippen LogP contribution in [0.4, 0.5) is 0 Å². The Morgan fingerprint density at radius 3 is 2.53 bits per heavy atom. The van der Waals surface area contributed by atoms with Gasteiger partial charge in [0.2, 0.25) is 0 Å². The van der Waals surface area contributed by atoms with Crippen LogP contribution in [0.5, 0.6) is 0 Å². The fourth-order valence-electron chi connectivity index (χ4n) is 1.46. The third-order valence-corrected chi connectivity index (χ3v) is 2.46. The van der Waals surface area contributed by atoms with Crippen LogP contribution in [-0.4, -0.2) is 19.3 Å². The van der Waals surface area contributed by atoms with Crippen molar-refractivity contribution in [3.63, 3.8) is 0 Å². The van der Waals surface area contributed by atoms with Gasteiger partial charge in [-0.1, -0.05) is 29.8 Å². The van der Waals surface area contributed by atoms with Gasteiger partial charge in [-0.15, -0.1) is 0 Å². The van der Waals surface area contributed by atoms with Gasteiger partial charge >= 0.3 is 0 Å². The monoisotopic (exact) mass is 207 g/mol. The number of nitrogens with two attached hydrogens (primary N) is 1. The van der Waals surface area contributed by atoms with Crippen LogP contribution in [0, 0.1) is 6.92 Å². The minimum absolute atomic E-state index is 0.159. The van der Waals surface area contributed by atoms with E-state index in [-0.39, 0.29) is 6.04 Å². The normalized spacial score (nSPS) is 12.7. The Hall–Kier alpha value is -0.860. The second-order valence-electron chi connectivity index (χ2n) is 3.94. The topological polar surface area (TPSA) is 35.2 Å². The van der Waals surface area contributed by atoms with Gasteiger partial charge in [0.15, 0.2) is 0 Å². The van der Waals surface area contributed by atoms with Crippen molar-refractivity contribution in [3.8, 4) is 0 Å². The number of aryl methyl sites for hydroxylation is 2. The lowest BCUT2D eigenvalue weighted by Crippen LogP contribution is -2.26. The van der Waals surface area contributed by atoms with Gasteiger partial charge in [-0.3, -0.25) is 0 Å². The summed E-state index contributed by atoms with van der Waals surface area (Å²) in [7, 11) is 0. The predicted molar refractivity (Wildman–Crippen MR) is 64.0 cm³/mol. The van der Waals surface area contributed by atoms with E-state index in [9.17, 15) is 0 Å². The molecule has 15 heavy (non-hydrogen) atoms. The number of rotatable bonds is 6. The maximum atomic E-state index is 5.91. The summed E-state index contributed by atoms with van der Waals surface area (Å²) in [6, 6.07) is 8.78. The van der Waals surface area contributed by atoms with Gasteiger partial charge in [0.25, 0.3) is 0 Å². The van der Waals surface area contributed by atoms with Crippen molar-refractivity contribution in [1.29, 1.82) is 0 Å². The molecule has 0 amide bonds. The van der Waals surface area contributed by atoms with Crippen molar-refractivity contribution in [2.75, 3.05) is 13.2 Å². The number of hydrogen-bond donors (Lipinski definition) is 1. The van der Waals surface area contributed by atoms with E-state index in [0.29, 0.717) is 6.61 Å². The molecule has 1 atom stereocenters. The van der Waals surface area contributed by atoms with Crippen LogP contribution in [0.15, 0.2) is 24.3 Å². The molecule has 0 aliphatic carbocycles. The summed E-state index contributed by atoms with van der Waals surface area (Å²) in [5.41, 5.74) is 8.57. The molecule has 0 heterocycles. The molecular weight excluding hydrogens is 186 g/mol. The predicted octanol–water partition coefficient (Wildman–Crippen LogP) is 2.29. The van der Waals surface area contributed by atoms with Crippen LogP contribution in [0.2, 0.25) is 0 Å². The van der Waals surface area contributed by atoms with Crippen LogP contribution in [0.25, 0.3) is 0 Å². The van der Waals surface area contributed by atoms with Crippen molar-refractivity contribution >= 4 is 0 Å². The summed E-state index contributed by atoms with van der Waals surface area (Å²) in [4.78, 5) is 0. The van der Waals surface area contributed by atoms with Crippen LogP contribution in [0.3, 0.4) is 0 Å². The largest absolute Gasteiger partial charge is 0.380 e. The number of ether oxygens (including phenoxy) is 1. The zero-order chi connectivity index (χ0) is 11.1. The second-order valence-corrected chi connectivity index (χ2v) is 3.94. The van der Waals surface area contributed by atoms with Crippen molar-refractivity contribution < 1.29 is 4.74 Å². The molecule has 0 spiro atoms. The van der Waals surface area contributed by atoms with E-state index >= 15 is 0 Å². The zero-order valence-electron chi connectivity index (χ0n) is 9.70. The highest BCUT2D eigenvalue weighted by Gasteiger charge is 2.02. The van der Waals surface area contributed by atoms with E-state index in [0.717, 1.165) is 19.4 Å². The summed E-state index contributed by atoms with van der Waals surface area (Å²) < 4.78 is 5.28. The quantitative estimate of drug-likeness (QED) is 0.776. The average molecular weight is 207 g/mol. The Kier molecular flexibility index (Phi) is 5.37. The van der Waals surface area contributed by atoms with Gasteiger partial charge in [-0.25, -0.2) is 0 Å².